The van der Waals surface area contributed by atoms with Crippen LogP contribution in [-0.2, 0) is 20.0 Å². The van der Waals surface area contributed by atoms with Crippen LogP contribution in [0.5, 0.6) is 0 Å². The van der Waals surface area contributed by atoms with Gasteiger partial charge in [-0.1, -0.05) is 82.3 Å². The molecule has 34 heavy (non-hydrogen) atoms. The minimum absolute atomic E-state index is 0.153. The summed E-state index contributed by atoms with van der Waals surface area (Å²) in [5, 5.41) is -0.271. The van der Waals surface area contributed by atoms with Crippen LogP contribution in [0.2, 0.25) is 0 Å². The quantitative estimate of drug-likeness (QED) is 0.425. The van der Waals surface area contributed by atoms with Crippen molar-refractivity contribution >= 4 is 21.4 Å². The van der Waals surface area contributed by atoms with E-state index in [1.165, 1.54) is 11.1 Å². The summed E-state index contributed by atoms with van der Waals surface area (Å²) < 4.78 is 24.1. The minimum atomic E-state index is -3.61. The van der Waals surface area contributed by atoms with Gasteiger partial charge in [0.05, 0.1) is 23.0 Å². The monoisotopic (exact) mass is 483 g/mol. The molecule has 0 aliphatic rings. The molecule has 1 heterocycles. The number of hydrogen-bond acceptors (Lipinski definition) is 5. The van der Waals surface area contributed by atoms with Gasteiger partial charge in [0.25, 0.3) is 0 Å². The fourth-order valence-electron chi connectivity index (χ4n) is 3.33. The van der Waals surface area contributed by atoms with E-state index in [1.54, 1.807) is 7.05 Å². The standard InChI is InChI=1S/C23H25N3O3S.2C2H6/c1-16-11-9-10-14-18(16)20-19(15-24-22(25-20)30(5,28)29)26(4)21(27)23(2,3)17-12-7-6-8-13-17;2*1-2/h6-15H,1-5H3;2*1-2H3. The average Bonchev–Trinajstić information content (AvgIpc) is 2.85. The Morgan fingerprint density at radius 2 is 1.44 bits per heavy atom. The number of benzene rings is 2. The fourth-order valence-corrected chi connectivity index (χ4v) is 3.83. The summed E-state index contributed by atoms with van der Waals surface area (Å²) in [6, 6.07) is 17.0. The lowest BCUT2D eigenvalue weighted by molar-refractivity contribution is -0.122. The van der Waals surface area contributed by atoms with Gasteiger partial charge in [0, 0.05) is 18.9 Å². The molecule has 0 radical (unpaired) electrons. The SMILES string of the molecule is CC.CC.Cc1ccccc1-c1nc(S(C)(=O)=O)ncc1N(C)C(=O)C(C)(C)c1ccccc1. The lowest BCUT2D eigenvalue weighted by atomic mass is 9.83. The Kier molecular flexibility index (Phi) is 10.6. The fraction of sp³-hybridized carbons (Fsp3) is 0.370. The van der Waals surface area contributed by atoms with Crippen LogP contribution in [0.25, 0.3) is 11.3 Å². The number of anilines is 1. The van der Waals surface area contributed by atoms with E-state index < -0.39 is 15.3 Å². The van der Waals surface area contributed by atoms with E-state index in [0.29, 0.717) is 11.4 Å². The third-order valence-corrected chi connectivity index (χ3v) is 6.04. The van der Waals surface area contributed by atoms with Crippen LogP contribution in [0, 0.1) is 6.92 Å². The summed E-state index contributed by atoms with van der Waals surface area (Å²) in [6.45, 7) is 13.6. The van der Waals surface area contributed by atoms with Gasteiger partial charge in [-0.3, -0.25) is 4.79 Å². The Morgan fingerprint density at radius 1 is 0.912 bits per heavy atom. The van der Waals surface area contributed by atoms with Crippen molar-refractivity contribution in [3.05, 3.63) is 71.9 Å². The van der Waals surface area contributed by atoms with Gasteiger partial charge in [-0.05, 0) is 31.9 Å². The van der Waals surface area contributed by atoms with Gasteiger partial charge < -0.3 is 4.90 Å². The van der Waals surface area contributed by atoms with Gasteiger partial charge >= 0.3 is 0 Å². The molecule has 0 saturated heterocycles. The highest BCUT2D eigenvalue weighted by atomic mass is 32.2. The molecular weight excluding hydrogens is 446 g/mol. The van der Waals surface area contributed by atoms with Gasteiger partial charge in [-0.25, -0.2) is 18.4 Å². The summed E-state index contributed by atoms with van der Waals surface area (Å²) in [4.78, 5) is 23.3. The largest absolute Gasteiger partial charge is 0.311 e. The second-order valence-corrected chi connectivity index (χ2v) is 9.74. The first kappa shape index (κ1) is 29.0. The molecule has 0 saturated carbocycles. The van der Waals surface area contributed by atoms with Crippen molar-refractivity contribution in [2.45, 2.75) is 59.0 Å². The first-order chi connectivity index (χ1) is 16.0. The van der Waals surface area contributed by atoms with E-state index in [9.17, 15) is 13.2 Å². The summed E-state index contributed by atoms with van der Waals surface area (Å²) in [5.74, 6) is -0.153. The zero-order valence-corrected chi connectivity index (χ0v) is 22.6. The Bertz CT molecular complexity index is 1190. The molecular formula is C27H37N3O3S. The minimum Gasteiger partial charge on any atom is -0.311 e. The number of rotatable bonds is 5. The Hall–Kier alpha value is -3.06. The highest BCUT2D eigenvalue weighted by Gasteiger charge is 2.34. The van der Waals surface area contributed by atoms with E-state index in [1.807, 2.05) is 103 Å². The first-order valence-electron chi connectivity index (χ1n) is 11.5. The lowest BCUT2D eigenvalue weighted by Crippen LogP contribution is -2.41. The highest BCUT2D eigenvalue weighted by Crippen LogP contribution is 2.34. The van der Waals surface area contributed by atoms with E-state index in [0.717, 1.165) is 22.9 Å². The van der Waals surface area contributed by atoms with Crippen molar-refractivity contribution in [2.75, 3.05) is 18.2 Å². The van der Waals surface area contributed by atoms with Crippen molar-refractivity contribution < 1.29 is 13.2 Å². The predicted octanol–water partition coefficient (Wildman–Crippen LogP) is 5.85. The molecule has 0 aliphatic heterocycles. The molecule has 7 heteroatoms. The second-order valence-electron chi connectivity index (χ2n) is 7.83. The summed E-state index contributed by atoms with van der Waals surface area (Å²) in [5.41, 5.74) is 2.60. The number of aryl methyl sites for hydroxylation is 1. The van der Waals surface area contributed by atoms with Gasteiger partial charge in [0.15, 0.2) is 0 Å². The number of aromatic nitrogens is 2. The van der Waals surface area contributed by atoms with Crippen molar-refractivity contribution in [3.63, 3.8) is 0 Å². The normalized spacial score (nSPS) is 10.9. The van der Waals surface area contributed by atoms with Crippen molar-refractivity contribution in [1.29, 1.82) is 0 Å². The third kappa shape index (κ3) is 6.50. The van der Waals surface area contributed by atoms with E-state index in [2.05, 4.69) is 9.97 Å². The van der Waals surface area contributed by atoms with Crippen LogP contribution in [0.4, 0.5) is 5.69 Å². The molecule has 0 atom stereocenters. The maximum absolute atomic E-state index is 13.5. The number of likely N-dealkylation sites (N-methyl/N-ethyl adjacent to an activating group) is 1. The second kappa shape index (κ2) is 12.4. The predicted molar refractivity (Wildman–Crippen MR) is 141 cm³/mol. The molecule has 0 N–H and O–H groups in total. The molecule has 3 aromatic rings. The number of nitrogens with zero attached hydrogens (tertiary/aromatic N) is 3. The van der Waals surface area contributed by atoms with Gasteiger partial charge in [-0.2, -0.15) is 0 Å². The van der Waals surface area contributed by atoms with E-state index in [4.69, 9.17) is 0 Å². The van der Waals surface area contributed by atoms with Crippen LogP contribution >= 0.6 is 0 Å². The first-order valence-corrected chi connectivity index (χ1v) is 13.4. The molecule has 0 fully saturated rings. The van der Waals surface area contributed by atoms with Crippen LogP contribution in [-0.4, -0.2) is 37.6 Å². The molecule has 0 bridgehead atoms. The summed E-state index contributed by atoms with van der Waals surface area (Å²) in [7, 11) is -1.95. The molecule has 6 nitrogen and oxygen atoms in total. The molecule has 1 amide bonds. The van der Waals surface area contributed by atoms with E-state index >= 15 is 0 Å². The Morgan fingerprint density at radius 3 is 1.97 bits per heavy atom. The molecule has 0 aliphatic carbocycles. The number of amides is 1. The number of hydrogen-bond donors (Lipinski definition) is 0. The summed E-state index contributed by atoms with van der Waals surface area (Å²) in [6.07, 6.45) is 2.47. The number of carbonyl (C=O) groups is 1. The zero-order chi connectivity index (χ0) is 26.1. The van der Waals surface area contributed by atoms with E-state index in [-0.39, 0.29) is 11.1 Å². The van der Waals surface area contributed by atoms with Crippen molar-refractivity contribution in [3.8, 4) is 11.3 Å². The zero-order valence-electron chi connectivity index (χ0n) is 21.7. The number of carbonyl (C=O) groups excluding carboxylic acids is 1. The lowest BCUT2D eigenvalue weighted by Gasteiger charge is -2.30. The smallest absolute Gasteiger partial charge is 0.247 e. The topological polar surface area (TPSA) is 80.2 Å². The molecule has 0 unspecified atom stereocenters. The molecule has 2 aromatic carbocycles. The highest BCUT2D eigenvalue weighted by molar-refractivity contribution is 7.90. The van der Waals surface area contributed by atoms with Gasteiger partial charge in [-0.15, -0.1) is 0 Å². The van der Waals surface area contributed by atoms with Crippen LogP contribution in [0.1, 0.15) is 52.7 Å². The number of sulfone groups is 1. The maximum atomic E-state index is 13.5. The van der Waals surface area contributed by atoms with Gasteiger partial charge in [0.2, 0.25) is 20.9 Å². The average molecular weight is 484 g/mol. The van der Waals surface area contributed by atoms with Crippen LogP contribution in [0.3, 0.4) is 0 Å². The molecule has 184 valence electrons. The van der Waals surface area contributed by atoms with Crippen LogP contribution in [0.15, 0.2) is 66.0 Å². The molecule has 0 spiro atoms. The third-order valence-electron chi connectivity index (χ3n) is 5.18. The van der Waals surface area contributed by atoms with Crippen LogP contribution < -0.4 is 4.90 Å². The molecule has 1 aromatic heterocycles. The van der Waals surface area contributed by atoms with Crippen molar-refractivity contribution in [1.82, 2.24) is 9.97 Å². The van der Waals surface area contributed by atoms with Gasteiger partial charge in [0.1, 0.15) is 0 Å². The Balaban J connectivity index is 0.00000137. The molecule has 3 rings (SSSR count). The Labute approximate surface area is 205 Å². The van der Waals surface area contributed by atoms with Crippen molar-refractivity contribution in [2.24, 2.45) is 0 Å². The maximum Gasteiger partial charge on any atom is 0.247 e. The summed E-state index contributed by atoms with van der Waals surface area (Å²) >= 11 is 0.